The number of hydrazine groups is 1. The quantitative estimate of drug-likeness (QED) is 0.664. The highest BCUT2D eigenvalue weighted by Crippen LogP contribution is 2.29. The van der Waals surface area contributed by atoms with E-state index in [4.69, 9.17) is 29.0 Å². The monoisotopic (exact) mass is 298 g/mol. The standard InChI is InChI=1S/C14H13Cl2FN2/c1-8-2-3-13(17)12(4-8)14(19-18)9-5-10(15)7-11(16)6-9/h2-7,14,19H,18H2,1H3. The Morgan fingerprint density at radius 2 is 1.74 bits per heavy atom. The van der Waals surface area contributed by atoms with Crippen molar-refractivity contribution in [3.05, 3.63) is 69.0 Å². The van der Waals surface area contributed by atoms with Crippen molar-refractivity contribution < 1.29 is 4.39 Å². The van der Waals surface area contributed by atoms with Gasteiger partial charge in [-0.3, -0.25) is 5.84 Å². The summed E-state index contributed by atoms with van der Waals surface area (Å²) in [7, 11) is 0. The molecule has 0 radical (unpaired) electrons. The van der Waals surface area contributed by atoms with Crippen LogP contribution in [0, 0.1) is 12.7 Å². The Bertz CT molecular complexity index is 582. The van der Waals surface area contributed by atoms with Crippen molar-refractivity contribution in [1.82, 2.24) is 5.43 Å². The molecule has 0 spiro atoms. The van der Waals surface area contributed by atoms with Crippen molar-refractivity contribution in [1.29, 1.82) is 0 Å². The van der Waals surface area contributed by atoms with Crippen LogP contribution in [-0.4, -0.2) is 0 Å². The summed E-state index contributed by atoms with van der Waals surface area (Å²) in [5.41, 5.74) is 4.72. The molecule has 5 heteroatoms. The highest BCUT2D eigenvalue weighted by atomic mass is 35.5. The molecular weight excluding hydrogens is 286 g/mol. The van der Waals surface area contributed by atoms with Crippen molar-refractivity contribution >= 4 is 23.2 Å². The van der Waals surface area contributed by atoms with E-state index in [0.29, 0.717) is 21.2 Å². The van der Waals surface area contributed by atoms with Gasteiger partial charge in [0.15, 0.2) is 0 Å². The van der Waals surface area contributed by atoms with Crippen LogP contribution < -0.4 is 11.3 Å². The third-order valence-electron chi connectivity index (χ3n) is 2.85. The smallest absolute Gasteiger partial charge is 0.128 e. The molecule has 0 aliphatic rings. The first-order valence-corrected chi connectivity index (χ1v) is 6.45. The number of nitrogens with two attached hydrogens (primary N) is 1. The molecule has 0 aliphatic carbocycles. The number of nitrogens with one attached hydrogen (secondary N) is 1. The summed E-state index contributed by atoms with van der Waals surface area (Å²) >= 11 is 11.9. The van der Waals surface area contributed by atoms with Gasteiger partial charge in [-0.25, -0.2) is 9.82 Å². The maximum absolute atomic E-state index is 13.9. The average Bonchev–Trinajstić information content (AvgIpc) is 2.33. The molecule has 0 amide bonds. The molecule has 2 aromatic carbocycles. The van der Waals surface area contributed by atoms with E-state index < -0.39 is 6.04 Å². The zero-order chi connectivity index (χ0) is 14.0. The van der Waals surface area contributed by atoms with Gasteiger partial charge in [0.2, 0.25) is 0 Å². The predicted octanol–water partition coefficient (Wildman–Crippen LogP) is 3.99. The predicted molar refractivity (Wildman–Crippen MR) is 76.8 cm³/mol. The first-order chi connectivity index (χ1) is 9.01. The highest BCUT2D eigenvalue weighted by Gasteiger charge is 2.17. The summed E-state index contributed by atoms with van der Waals surface area (Å²) in [6.07, 6.45) is 0. The summed E-state index contributed by atoms with van der Waals surface area (Å²) in [5.74, 6) is 5.22. The second kappa shape index (κ2) is 5.88. The normalized spacial score (nSPS) is 12.5. The Hall–Kier alpha value is -1.13. The summed E-state index contributed by atoms with van der Waals surface area (Å²) in [5, 5.41) is 0.964. The zero-order valence-corrected chi connectivity index (χ0v) is 11.8. The van der Waals surface area contributed by atoms with Crippen molar-refractivity contribution in [3.8, 4) is 0 Å². The molecule has 1 unspecified atom stereocenters. The molecule has 1 atom stereocenters. The summed E-state index contributed by atoms with van der Waals surface area (Å²) in [6.45, 7) is 1.89. The van der Waals surface area contributed by atoms with Crippen LogP contribution in [0.1, 0.15) is 22.7 Å². The molecule has 19 heavy (non-hydrogen) atoms. The lowest BCUT2D eigenvalue weighted by atomic mass is 9.97. The zero-order valence-electron chi connectivity index (χ0n) is 10.3. The molecule has 0 heterocycles. The van der Waals surface area contributed by atoms with Crippen LogP contribution in [0.25, 0.3) is 0 Å². The average molecular weight is 299 g/mol. The minimum absolute atomic E-state index is 0.329. The van der Waals surface area contributed by atoms with E-state index >= 15 is 0 Å². The number of benzene rings is 2. The van der Waals surface area contributed by atoms with E-state index in [2.05, 4.69) is 5.43 Å². The Kier molecular flexibility index (Phi) is 4.42. The fraction of sp³-hybridized carbons (Fsp3) is 0.143. The molecule has 100 valence electrons. The topological polar surface area (TPSA) is 38.0 Å². The Balaban J connectivity index is 2.52. The van der Waals surface area contributed by atoms with Crippen LogP contribution in [0.15, 0.2) is 36.4 Å². The largest absolute Gasteiger partial charge is 0.271 e. The Labute approximate surface area is 121 Å². The summed E-state index contributed by atoms with van der Waals surface area (Å²) in [4.78, 5) is 0. The summed E-state index contributed by atoms with van der Waals surface area (Å²) in [6, 6.07) is 9.40. The van der Waals surface area contributed by atoms with Crippen LogP contribution in [-0.2, 0) is 0 Å². The first-order valence-electron chi connectivity index (χ1n) is 5.69. The van der Waals surface area contributed by atoms with Gasteiger partial charge in [-0.15, -0.1) is 0 Å². The number of hydrogen-bond acceptors (Lipinski definition) is 2. The second-order valence-electron chi connectivity index (χ2n) is 4.33. The van der Waals surface area contributed by atoms with Gasteiger partial charge in [0.05, 0.1) is 6.04 Å². The third kappa shape index (κ3) is 3.25. The van der Waals surface area contributed by atoms with Gasteiger partial charge in [0, 0.05) is 15.6 Å². The van der Waals surface area contributed by atoms with E-state index in [0.717, 1.165) is 5.56 Å². The lowest BCUT2D eigenvalue weighted by molar-refractivity contribution is 0.559. The lowest BCUT2D eigenvalue weighted by Gasteiger charge is -2.18. The molecule has 0 fully saturated rings. The Morgan fingerprint density at radius 3 is 2.32 bits per heavy atom. The van der Waals surface area contributed by atoms with Crippen LogP contribution in [0.4, 0.5) is 4.39 Å². The minimum Gasteiger partial charge on any atom is -0.271 e. The van der Waals surface area contributed by atoms with E-state index in [9.17, 15) is 4.39 Å². The van der Waals surface area contributed by atoms with Crippen LogP contribution >= 0.6 is 23.2 Å². The number of hydrogen-bond donors (Lipinski definition) is 2. The highest BCUT2D eigenvalue weighted by molar-refractivity contribution is 6.34. The van der Waals surface area contributed by atoms with E-state index in [1.54, 1.807) is 30.3 Å². The third-order valence-corrected chi connectivity index (χ3v) is 3.28. The molecule has 0 saturated heterocycles. The summed E-state index contributed by atoms with van der Waals surface area (Å²) < 4.78 is 13.9. The SMILES string of the molecule is Cc1ccc(F)c(C(NN)c2cc(Cl)cc(Cl)c2)c1. The molecular formula is C14H13Cl2FN2. The van der Waals surface area contributed by atoms with Gasteiger partial charge >= 0.3 is 0 Å². The van der Waals surface area contributed by atoms with Crippen molar-refractivity contribution in [2.45, 2.75) is 13.0 Å². The molecule has 0 aliphatic heterocycles. The van der Waals surface area contributed by atoms with Crippen molar-refractivity contribution in [3.63, 3.8) is 0 Å². The van der Waals surface area contributed by atoms with Gasteiger partial charge in [0.25, 0.3) is 0 Å². The van der Waals surface area contributed by atoms with E-state index in [1.807, 2.05) is 6.92 Å². The molecule has 0 aromatic heterocycles. The molecule has 0 bridgehead atoms. The molecule has 2 nitrogen and oxygen atoms in total. The van der Waals surface area contributed by atoms with Crippen molar-refractivity contribution in [2.24, 2.45) is 5.84 Å². The van der Waals surface area contributed by atoms with Gasteiger partial charge < -0.3 is 0 Å². The van der Waals surface area contributed by atoms with Gasteiger partial charge in [-0.1, -0.05) is 40.9 Å². The number of aryl methyl sites for hydroxylation is 1. The maximum atomic E-state index is 13.9. The minimum atomic E-state index is -0.504. The van der Waals surface area contributed by atoms with E-state index in [-0.39, 0.29) is 5.82 Å². The molecule has 0 saturated carbocycles. The number of halogens is 3. The van der Waals surface area contributed by atoms with Gasteiger partial charge in [-0.2, -0.15) is 0 Å². The van der Waals surface area contributed by atoms with Crippen LogP contribution in [0.2, 0.25) is 10.0 Å². The molecule has 3 N–H and O–H groups in total. The fourth-order valence-electron chi connectivity index (χ4n) is 1.99. The van der Waals surface area contributed by atoms with Crippen molar-refractivity contribution in [2.75, 3.05) is 0 Å². The van der Waals surface area contributed by atoms with Gasteiger partial charge in [0.1, 0.15) is 5.82 Å². The second-order valence-corrected chi connectivity index (χ2v) is 5.20. The molecule has 2 aromatic rings. The lowest BCUT2D eigenvalue weighted by Crippen LogP contribution is -2.29. The van der Waals surface area contributed by atoms with Crippen LogP contribution in [0.5, 0.6) is 0 Å². The van der Waals surface area contributed by atoms with Gasteiger partial charge in [-0.05, 0) is 36.8 Å². The van der Waals surface area contributed by atoms with E-state index in [1.165, 1.54) is 6.07 Å². The maximum Gasteiger partial charge on any atom is 0.128 e. The molecule has 2 rings (SSSR count). The Morgan fingerprint density at radius 1 is 1.11 bits per heavy atom. The van der Waals surface area contributed by atoms with Crippen LogP contribution in [0.3, 0.4) is 0 Å². The fourth-order valence-corrected chi connectivity index (χ4v) is 2.53. The first kappa shape index (κ1) is 14.3. The number of rotatable bonds is 3.